The van der Waals surface area contributed by atoms with E-state index in [4.69, 9.17) is 5.73 Å². The molecule has 0 fully saturated rings. The van der Waals surface area contributed by atoms with Crippen LogP contribution in [0.4, 0.5) is 10.3 Å². The van der Waals surface area contributed by atoms with Crippen LogP contribution in [0.1, 0.15) is 5.56 Å². The molecule has 3 aromatic rings. The number of fused-ring (bicyclic) bond motifs is 1. The first-order valence-corrected chi connectivity index (χ1v) is 6.55. The predicted octanol–water partition coefficient (Wildman–Crippen LogP) is 3.82. The monoisotopic (exact) mass is 319 g/mol. The largest absolute Gasteiger partial charge is 0.369 e. The summed E-state index contributed by atoms with van der Waals surface area (Å²) in [7, 11) is 0. The Hall–Kier alpha value is -1.88. The maximum absolute atomic E-state index is 13.5. The molecule has 3 rings (SSSR count). The van der Waals surface area contributed by atoms with Crippen LogP contribution in [0.5, 0.6) is 0 Å². The third-order valence-electron chi connectivity index (χ3n) is 3.01. The predicted molar refractivity (Wildman–Crippen MR) is 77.9 cm³/mol. The van der Waals surface area contributed by atoms with Crippen LogP contribution in [-0.4, -0.2) is 9.55 Å². The Morgan fingerprint density at radius 3 is 2.58 bits per heavy atom. The lowest BCUT2D eigenvalue weighted by Crippen LogP contribution is -2.00. The molecular weight excluding hydrogens is 309 g/mol. The number of aryl methyl sites for hydroxylation is 1. The van der Waals surface area contributed by atoms with E-state index in [1.807, 2.05) is 31.2 Å². The number of rotatable bonds is 1. The van der Waals surface area contributed by atoms with Crippen molar-refractivity contribution in [1.29, 1.82) is 0 Å². The molecule has 96 valence electrons. The highest BCUT2D eigenvalue weighted by Gasteiger charge is 2.12. The van der Waals surface area contributed by atoms with E-state index >= 15 is 0 Å². The van der Waals surface area contributed by atoms with Crippen molar-refractivity contribution in [3.05, 3.63) is 52.3 Å². The molecule has 1 aromatic heterocycles. The lowest BCUT2D eigenvalue weighted by atomic mass is 10.2. The van der Waals surface area contributed by atoms with Gasteiger partial charge in [0, 0.05) is 11.8 Å². The number of hydrogen-bond acceptors (Lipinski definition) is 2. The second kappa shape index (κ2) is 4.35. The van der Waals surface area contributed by atoms with Crippen LogP contribution in [0.25, 0.3) is 16.7 Å². The van der Waals surface area contributed by atoms with E-state index < -0.39 is 0 Å². The molecular formula is C14H11BrFN3. The van der Waals surface area contributed by atoms with Crippen LogP contribution < -0.4 is 5.73 Å². The smallest absolute Gasteiger partial charge is 0.205 e. The third kappa shape index (κ3) is 2.00. The fourth-order valence-corrected chi connectivity index (χ4v) is 2.39. The van der Waals surface area contributed by atoms with Gasteiger partial charge in [0.2, 0.25) is 5.95 Å². The standard InChI is InChI=1S/C14H11BrFN3/c1-8-2-4-9(5-3-8)19-13-6-10(15)11(16)7-12(13)18-14(19)17/h2-7H,1H3,(H2,17,18). The molecule has 19 heavy (non-hydrogen) atoms. The summed E-state index contributed by atoms with van der Waals surface area (Å²) in [6, 6.07) is 11.0. The molecule has 5 heteroatoms. The first kappa shape index (κ1) is 12.2. The summed E-state index contributed by atoms with van der Waals surface area (Å²) >= 11 is 3.19. The van der Waals surface area contributed by atoms with Crippen molar-refractivity contribution in [2.45, 2.75) is 6.92 Å². The molecule has 0 atom stereocenters. The van der Waals surface area contributed by atoms with E-state index in [0.29, 0.717) is 15.9 Å². The van der Waals surface area contributed by atoms with E-state index in [-0.39, 0.29) is 5.82 Å². The number of benzene rings is 2. The van der Waals surface area contributed by atoms with Crippen molar-refractivity contribution < 1.29 is 4.39 Å². The Bertz CT molecular complexity index is 762. The van der Waals surface area contributed by atoms with Gasteiger partial charge in [-0.05, 0) is 41.1 Å². The van der Waals surface area contributed by atoms with E-state index in [1.165, 1.54) is 11.6 Å². The molecule has 0 aliphatic carbocycles. The first-order valence-electron chi connectivity index (χ1n) is 5.76. The van der Waals surface area contributed by atoms with Crippen LogP contribution in [0.2, 0.25) is 0 Å². The van der Waals surface area contributed by atoms with E-state index in [0.717, 1.165) is 11.2 Å². The molecule has 0 amide bonds. The second-order valence-corrected chi connectivity index (χ2v) is 5.25. The van der Waals surface area contributed by atoms with Crippen molar-refractivity contribution in [3.8, 4) is 5.69 Å². The van der Waals surface area contributed by atoms with Gasteiger partial charge < -0.3 is 5.73 Å². The molecule has 0 unspecified atom stereocenters. The van der Waals surface area contributed by atoms with Gasteiger partial charge in [0.05, 0.1) is 15.5 Å². The number of halogens is 2. The molecule has 0 radical (unpaired) electrons. The van der Waals surface area contributed by atoms with Gasteiger partial charge in [-0.25, -0.2) is 9.37 Å². The number of nitrogen functional groups attached to an aromatic ring is 1. The maximum atomic E-state index is 13.5. The van der Waals surface area contributed by atoms with Crippen LogP contribution in [0.3, 0.4) is 0 Å². The Kier molecular flexibility index (Phi) is 2.78. The summed E-state index contributed by atoms with van der Waals surface area (Å²) < 4.78 is 15.7. The van der Waals surface area contributed by atoms with Crippen molar-refractivity contribution in [3.63, 3.8) is 0 Å². The highest BCUT2D eigenvalue weighted by molar-refractivity contribution is 9.10. The van der Waals surface area contributed by atoms with Crippen molar-refractivity contribution in [2.24, 2.45) is 0 Å². The first-order chi connectivity index (χ1) is 9.06. The second-order valence-electron chi connectivity index (χ2n) is 4.40. The minimum absolute atomic E-state index is 0.344. The summed E-state index contributed by atoms with van der Waals surface area (Å²) in [5, 5.41) is 0. The summed E-state index contributed by atoms with van der Waals surface area (Å²) in [6.45, 7) is 2.02. The summed E-state index contributed by atoms with van der Waals surface area (Å²) in [5.74, 6) is -0.00240. The Morgan fingerprint density at radius 2 is 1.89 bits per heavy atom. The lowest BCUT2D eigenvalue weighted by Gasteiger charge is -2.07. The zero-order chi connectivity index (χ0) is 13.6. The summed E-state index contributed by atoms with van der Waals surface area (Å²) in [6.07, 6.45) is 0. The summed E-state index contributed by atoms with van der Waals surface area (Å²) in [5.41, 5.74) is 9.32. The molecule has 0 aliphatic heterocycles. The van der Waals surface area contributed by atoms with Crippen LogP contribution >= 0.6 is 15.9 Å². The fraction of sp³-hybridized carbons (Fsp3) is 0.0714. The lowest BCUT2D eigenvalue weighted by molar-refractivity contribution is 0.623. The molecule has 2 aromatic carbocycles. The molecule has 1 heterocycles. The highest BCUT2D eigenvalue weighted by Crippen LogP contribution is 2.27. The molecule has 0 aliphatic rings. The quantitative estimate of drug-likeness (QED) is 0.741. The topological polar surface area (TPSA) is 43.8 Å². The van der Waals surface area contributed by atoms with Gasteiger partial charge in [-0.3, -0.25) is 4.57 Å². The van der Waals surface area contributed by atoms with Crippen molar-refractivity contribution >= 4 is 32.9 Å². The Labute approximate surface area is 118 Å². The van der Waals surface area contributed by atoms with Crippen LogP contribution in [0, 0.1) is 12.7 Å². The van der Waals surface area contributed by atoms with Gasteiger partial charge in [0.25, 0.3) is 0 Å². The molecule has 2 N–H and O–H groups in total. The number of imidazole rings is 1. The number of nitrogens with two attached hydrogens (primary N) is 1. The molecule has 3 nitrogen and oxygen atoms in total. The van der Waals surface area contributed by atoms with Crippen LogP contribution in [0.15, 0.2) is 40.9 Å². The van der Waals surface area contributed by atoms with Gasteiger partial charge in [-0.2, -0.15) is 0 Å². The molecule has 0 spiro atoms. The average Bonchev–Trinajstić information content (AvgIpc) is 2.67. The number of nitrogens with zero attached hydrogens (tertiary/aromatic N) is 2. The Balaban J connectivity index is 2.31. The number of aromatic nitrogens is 2. The highest BCUT2D eigenvalue weighted by atomic mass is 79.9. The molecule has 0 bridgehead atoms. The van der Waals surface area contributed by atoms with E-state index in [9.17, 15) is 4.39 Å². The van der Waals surface area contributed by atoms with Gasteiger partial charge in [-0.1, -0.05) is 17.7 Å². The molecule has 0 saturated heterocycles. The maximum Gasteiger partial charge on any atom is 0.205 e. The van der Waals surface area contributed by atoms with Gasteiger partial charge in [0.15, 0.2) is 0 Å². The number of anilines is 1. The minimum Gasteiger partial charge on any atom is -0.369 e. The van der Waals surface area contributed by atoms with Crippen molar-refractivity contribution in [1.82, 2.24) is 9.55 Å². The summed E-state index contributed by atoms with van der Waals surface area (Å²) in [4.78, 5) is 4.19. The normalized spacial score (nSPS) is 11.1. The average molecular weight is 320 g/mol. The number of hydrogen-bond donors (Lipinski definition) is 1. The van der Waals surface area contributed by atoms with Crippen molar-refractivity contribution in [2.75, 3.05) is 5.73 Å². The van der Waals surface area contributed by atoms with E-state index in [2.05, 4.69) is 20.9 Å². The van der Waals surface area contributed by atoms with Gasteiger partial charge in [0.1, 0.15) is 5.82 Å². The SMILES string of the molecule is Cc1ccc(-n2c(N)nc3cc(F)c(Br)cc32)cc1. The zero-order valence-electron chi connectivity index (χ0n) is 10.2. The zero-order valence-corrected chi connectivity index (χ0v) is 11.8. The minimum atomic E-state index is -0.346. The fourth-order valence-electron chi connectivity index (χ4n) is 2.06. The van der Waals surface area contributed by atoms with Crippen LogP contribution in [-0.2, 0) is 0 Å². The van der Waals surface area contributed by atoms with Gasteiger partial charge >= 0.3 is 0 Å². The third-order valence-corrected chi connectivity index (χ3v) is 3.62. The molecule has 0 saturated carbocycles. The van der Waals surface area contributed by atoms with E-state index in [1.54, 1.807) is 10.6 Å². The van der Waals surface area contributed by atoms with Gasteiger partial charge in [-0.15, -0.1) is 0 Å². The Morgan fingerprint density at radius 1 is 1.21 bits per heavy atom.